The highest BCUT2D eigenvalue weighted by molar-refractivity contribution is 7.89. The van der Waals surface area contributed by atoms with Gasteiger partial charge in [-0.3, -0.25) is 4.79 Å². The van der Waals surface area contributed by atoms with Gasteiger partial charge in [0.2, 0.25) is 10.0 Å². The number of carbonyl (C=O) groups is 1. The van der Waals surface area contributed by atoms with E-state index in [0.717, 1.165) is 29.7 Å². The fourth-order valence-corrected chi connectivity index (χ4v) is 6.42. The summed E-state index contributed by atoms with van der Waals surface area (Å²) >= 11 is 0. The van der Waals surface area contributed by atoms with Gasteiger partial charge in [0.05, 0.1) is 10.5 Å². The van der Waals surface area contributed by atoms with Crippen molar-refractivity contribution < 1.29 is 35.9 Å². The molecule has 5 rings (SSSR count). The van der Waals surface area contributed by atoms with E-state index in [4.69, 9.17) is 9.47 Å². The summed E-state index contributed by atoms with van der Waals surface area (Å²) in [6, 6.07) is 16.0. The van der Waals surface area contributed by atoms with Crippen LogP contribution in [0.4, 0.5) is 18.9 Å². The van der Waals surface area contributed by atoms with Crippen LogP contribution in [0.3, 0.4) is 0 Å². The van der Waals surface area contributed by atoms with Crippen LogP contribution in [0, 0.1) is 0 Å². The van der Waals surface area contributed by atoms with Gasteiger partial charge in [0.15, 0.2) is 12.1 Å². The van der Waals surface area contributed by atoms with Crippen LogP contribution >= 0.6 is 0 Å². The van der Waals surface area contributed by atoms with Crippen molar-refractivity contribution in [2.24, 2.45) is 0 Å². The summed E-state index contributed by atoms with van der Waals surface area (Å²) in [4.78, 5) is 14.5. The number of alkyl halides is 3. The van der Waals surface area contributed by atoms with Gasteiger partial charge in [-0.25, -0.2) is 8.42 Å². The molecule has 1 atom stereocenters. The Morgan fingerprint density at radius 3 is 2.38 bits per heavy atom. The van der Waals surface area contributed by atoms with Gasteiger partial charge in [0.25, 0.3) is 0 Å². The van der Waals surface area contributed by atoms with Crippen LogP contribution < -0.4 is 4.90 Å². The largest absolute Gasteiger partial charge is 0.417 e. The molecule has 0 aliphatic carbocycles. The monoisotopic (exact) mass is 562 g/mol. The van der Waals surface area contributed by atoms with Gasteiger partial charge in [0, 0.05) is 44.0 Å². The van der Waals surface area contributed by atoms with Gasteiger partial charge in [-0.1, -0.05) is 30.3 Å². The van der Waals surface area contributed by atoms with Gasteiger partial charge < -0.3 is 14.4 Å². The standard InChI is InChI=1S/C28H29F3N2O5S/c29-28(30,31)25-18-22(9-11-24(25)26(34)19-38-27-7-3-4-16-37-27)32-12-14-33(15-13-32)39(35,36)23-10-8-20-5-1-2-6-21(20)17-23/h1-2,5-6,8-11,17-18,27H,3-4,7,12-16,19H2. The first-order chi connectivity index (χ1) is 18.6. The third kappa shape index (κ3) is 6.11. The molecule has 208 valence electrons. The number of carbonyl (C=O) groups excluding carboxylic acids is 1. The summed E-state index contributed by atoms with van der Waals surface area (Å²) in [5.41, 5.74) is -1.22. The molecular weight excluding hydrogens is 533 g/mol. The molecule has 0 spiro atoms. The SMILES string of the molecule is O=C(COC1CCCCO1)c1ccc(N2CCN(S(=O)(=O)c3ccc4ccccc4c3)CC2)cc1C(F)(F)F. The number of anilines is 1. The van der Waals surface area contributed by atoms with Crippen molar-refractivity contribution in [3.8, 4) is 0 Å². The van der Waals surface area contributed by atoms with E-state index in [2.05, 4.69) is 0 Å². The second-order valence-electron chi connectivity index (χ2n) is 9.66. The predicted octanol–water partition coefficient (Wildman–Crippen LogP) is 5.10. The van der Waals surface area contributed by atoms with Crippen molar-refractivity contribution in [2.45, 2.75) is 36.6 Å². The smallest absolute Gasteiger partial charge is 0.369 e. The zero-order valence-corrected chi connectivity index (χ0v) is 22.0. The summed E-state index contributed by atoms with van der Waals surface area (Å²) in [5, 5.41) is 1.74. The number of rotatable bonds is 7. The molecule has 0 N–H and O–H groups in total. The summed E-state index contributed by atoms with van der Waals surface area (Å²) < 4.78 is 80.5. The highest BCUT2D eigenvalue weighted by Crippen LogP contribution is 2.35. The lowest BCUT2D eigenvalue weighted by Crippen LogP contribution is -2.48. The number of hydrogen-bond donors (Lipinski definition) is 0. The number of halogens is 3. The normalized spacial score (nSPS) is 19.4. The van der Waals surface area contributed by atoms with Gasteiger partial charge in [-0.05, 0) is 60.4 Å². The molecule has 0 saturated carbocycles. The maximum Gasteiger partial charge on any atom is 0.417 e. The van der Waals surface area contributed by atoms with Gasteiger partial charge >= 0.3 is 6.18 Å². The van der Waals surface area contributed by atoms with E-state index in [1.54, 1.807) is 23.1 Å². The number of fused-ring (bicyclic) bond motifs is 1. The Balaban J connectivity index is 1.28. The van der Waals surface area contributed by atoms with Crippen molar-refractivity contribution in [1.29, 1.82) is 0 Å². The fraction of sp³-hybridized carbons (Fsp3) is 0.393. The Morgan fingerprint density at radius 1 is 0.949 bits per heavy atom. The molecular formula is C28H29F3N2O5S. The molecule has 11 heteroatoms. The average Bonchev–Trinajstić information content (AvgIpc) is 2.95. The van der Waals surface area contributed by atoms with E-state index in [1.807, 2.05) is 24.3 Å². The number of Topliss-reactive ketones (excluding diaryl/α,β-unsaturated/α-hetero) is 1. The molecule has 2 aliphatic rings. The number of sulfonamides is 1. The summed E-state index contributed by atoms with van der Waals surface area (Å²) in [7, 11) is -3.77. The zero-order valence-electron chi connectivity index (χ0n) is 21.2. The second-order valence-corrected chi connectivity index (χ2v) is 11.6. The summed E-state index contributed by atoms with van der Waals surface area (Å²) in [5.74, 6) is -0.769. The lowest BCUT2D eigenvalue weighted by atomic mass is 10.0. The van der Waals surface area contributed by atoms with Crippen LogP contribution in [0.2, 0.25) is 0 Å². The molecule has 3 aromatic carbocycles. The average molecular weight is 563 g/mol. The Bertz CT molecular complexity index is 1450. The van der Waals surface area contributed by atoms with E-state index in [1.165, 1.54) is 16.4 Å². The number of benzene rings is 3. The third-order valence-electron chi connectivity index (χ3n) is 7.11. The maximum absolute atomic E-state index is 13.9. The van der Waals surface area contributed by atoms with Crippen LogP contribution in [0.5, 0.6) is 0 Å². The Labute approximate surface area is 225 Å². The Morgan fingerprint density at radius 2 is 1.69 bits per heavy atom. The van der Waals surface area contributed by atoms with Crippen LogP contribution in [-0.2, 0) is 25.7 Å². The Kier molecular flexibility index (Phi) is 7.95. The van der Waals surface area contributed by atoms with Crippen molar-refractivity contribution in [3.05, 3.63) is 71.8 Å². The molecule has 0 bridgehead atoms. The molecule has 0 radical (unpaired) electrons. The van der Waals surface area contributed by atoms with E-state index in [0.29, 0.717) is 13.0 Å². The number of ether oxygens (including phenoxy) is 2. The second kappa shape index (κ2) is 11.2. The molecule has 0 aromatic heterocycles. The van der Waals surface area contributed by atoms with Crippen molar-refractivity contribution in [2.75, 3.05) is 44.3 Å². The lowest BCUT2D eigenvalue weighted by Gasteiger charge is -2.35. The molecule has 39 heavy (non-hydrogen) atoms. The molecule has 1 unspecified atom stereocenters. The molecule has 3 aromatic rings. The fourth-order valence-electron chi connectivity index (χ4n) is 4.96. The number of hydrogen-bond acceptors (Lipinski definition) is 6. The molecule has 0 amide bonds. The highest BCUT2D eigenvalue weighted by Gasteiger charge is 2.37. The van der Waals surface area contributed by atoms with Gasteiger partial charge in [-0.2, -0.15) is 17.5 Å². The summed E-state index contributed by atoms with van der Waals surface area (Å²) in [6.07, 6.45) is -2.97. The zero-order chi connectivity index (χ0) is 27.6. The minimum atomic E-state index is -4.75. The predicted molar refractivity (Wildman–Crippen MR) is 140 cm³/mol. The topological polar surface area (TPSA) is 76.2 Å². The van der Waals surface area contributed by atoms with E-state index in [9.17, 15) is 26.4 Å². The van der Waals surface area contributed by atoms with E-state index < -0.39 is 46.0 Å². The molecule has 2 aliphatic heterocycles. The quantitative estimate of drug-likeness (QED) is 0.373. The first-order valence-corrected chi connectivity index (χ1v) is 14.3. The van der Waals surface area contributed by atoms with Gasteiger partial charge in [0.1, 0.15) is 6.61 Å². The van der Waals surface area contributed by atoms with Crippen molar-refractivity contribution in [3.63, 3.8) is 0 Å². The summed E-state index contributed by atoms with van der Waals surface area (Å²) in [6.45, 7) is 0.647. The van der Waals surface area contributed by atoms with Crippen LogP contribution in [-0.4, -0.2) is 64.2 Å². The minimum absolute atomic E-state index is 0.117. The van der Waals surface area contributed by atoms with Crippen molar-refractivity contribution >= 4 is 32.3 Å². The molecule has 2 heterocycles. The van der Waals surface area contributed by atoms with E-state index in [-0.39, 0.29) is 36.8 Å². The lowest BCUT2D eigenvalue weighted by molar-refractivity contribution is -0.155. The molecule has 2 fully saturated rings. The van der Waals surface area contributed by atoms with Crippen molar-refractivity contribution in [1.82, 2.24) is 4.31 Å². The first-order valence-electron chi connectivity index (χ1n) is 12.8. The first kappa shape index (κ1) is 27.6. The van der Waals surface area contributed by atoms with E-state index >= 15 is 0 Å². The molecule has 2 saturated heterocycles. The molecule has 7 nitrogen and oxygen atoms in total. The number of piperazine rings is 1. The third-order valence-corrected chi connectivity index (χ3v) is 9.00. The number of nitrogens with zero attached hydrogens (tertiary/aromatic N) is 2. The highest BCUT2D eigenvalue weighted by atomic mass is 32.2. The number of ketones is 1. The van der Waals surface area contributed by atoms with Gasteiger partial charge in [-0.15, -0.1) is 0 Å². The van der Waals surface area contributed by atoms with Crippen LogP contribution in [0.25, 0.3) is 10.8 Å². The Hall–Kier alpha value is -2.99. The maximum atomic E-state index is 13.9. The van der Waals surface area contributed by atoms with Crippen LogP contribution in [0.15, 0.2) is 65.6 Å². The van der Waals surface area contributed by atoms with Crippen LogP contribution in [0.1, 0.15) is 35.2 Å². The minimum Gasteiger partial charge on any atom is -0.369 e.